The summed E-state index contributed by atoms with van der Waals surface area (Å²) in [5, 5.41) is 0. The van der Waals surface area contributed by atoms with Gasteiger partial charge in [-0.2, -0.15) is 0 Å². The summed E-state index contributed by atoms with van der Waals surface area (Å²) in [7, 11) is 0. The minimum Gasteiger partial charge on any atom is -0.455 e. The van der Waals surface area contributed by atoms with Gasteiger partial charge in [0.2, 0.25) is 0 Å². The second-order valence-corrected chi connectivity index (χ2v) is 13.3. The lowest BCUT2D eigenvalue weighted by Gasteiger charge is -2.47. The maximum atomic E-state index is 6.78. The van der Waals surface area contributed by atoms with Crippen molar-refractivity contribution in [3.63, 3.8) is 0 Å². The summed E-state index contributed by atoms with van der Waals surface area (Å²) in [5.74, 6) is 3.15. The Labute approximate surface area is 275 Å². The Balaban J connectivity index is 1.35. The molecule has 0 saturated carbocycles. The zero-order chi connectivity index (χ0) is 31.8. The molecular weight excluding hydrogens is 592 g/mol. The summed E-state index contributed by atoms with van der Waals surface area (Å²) in [6.45, 7) is 3.07. The number of anilines is 2. The molecule has 0 spiro atoms. The fourth-order valence-corrected chi connectivity index (χ4v) is 7.48. The molecule has 4 saturated heterocycles. The van der Waals surface area contributed by atoms with Crippen LogP contribution in [0.25, 0.3) is 0 Å². The van der Waals surface area contributed by atoms with Crippen molar-refractivity contribution in [2.24, 2.45) is 11.8 Å². The quantitative estimate of drug-likeness (QED) is 0.0989. The van der Waals surface area contributed by atoms with Gasteiger partial charge in [0.1, 0.15) is 23.0 Å². The Morgan fingerprint density at radius 3 is 1.34 bits per heavy atom. The molecule has 5 unspecified atom stereocenters. The van der Waals surface area contributed by atoms with Crippen LogP contribution in [0.15, 0.2) is 97.1 Å². The number of hydrogen-bond donors (Lipinski definition) is 2. The average molecular weight is 635 g/mol. The van der Waals surface area contributed by atoms with Crippen molar-refractivity contribution >= 4 is 11.4 Å². The standard InChI is InChI=1S/C39H42N2O6/c40-33-11-3-7-15-37(33)46-35-13-5-1-9-30(35)39(20-29-24-45-29,31-10-2-6-14-36(31)47-38-16-8-4-12-34(38)41)32(19-28-23-44-28)25(17-26-21-42-26)18-27-22-43-27/h1-16,25-29,32H,17-24,40-41H2. The lowest BCUT2D eigenvalue weighted by Crippen LogP contribution is -2.44. The number of rotatable bonds is 16. The van der Waals surface area contributed by atoms with E-state index in [0.717, 1.165) is 68.1 Å². The van der Waals surface area contributed by atoms with E-state index in [4.69, 9.17) is 39.9 Å². The van der Waals surface area contributed by atoms with Crippen LogP contribution in [-0.2, 0) is 24.4 Å². The van der Waals surface area contributed by atoms with Gasteiger partial charge in [-0.25, -0.2) is 0 Å². The molecule has 47 heavy (non-hydrogen) atoms. The maximum absolute atomic E-state index is 6.78. The van der Waals surface area contributed by atoms with E-state index < -0.39 is 5.41 Å². The molecule has 0 aromatic heterocycles. The molecule has 4 aromatic rings. The van der Waals surface area contributed by atoms with Crippen molar-refractivity contribution in [3.8, 4) is 23.0 Å². The van der Waals surface area contributed by atoms with Gasteiger partial charge in [-0.3, -0.25) is 0 Å². The minimum atomic E-state index is -0.609. The second kappa shape index (κ2) is 12.8. The molecule has 8 rings (SSSR count). The number of benzene rings is 4. The van der Waals surface area contributed by atoms with Crippen LogP contribution >= 0.6 is 0 Å². The van der Waals surface area contributed by atoms with Crippen molar-refractivity contribution in [1.29, 1.82) is 0 Å². The van der Waals surface area contributed by atoms with Crippen LogP contribution in [0.2, 0.25) is 0 Å². The Kier molecular flexibility index (Phi) is 8.27. The van der Waals surface area contributed by atoms with Gasteiger partial charge in [0.05, 0.1) is 62.2 Å². The highest BCUT2D eigenvalue weighted by Crippen LogP contribution is 2.58. The highest BCUT2D eigenvalue weighted by atomic mass is 16.6. The second-order valence-electron chi connectivity index (χ2n) is 13.3. The van der Waals surface area contributed by atoms with Crippen molar-refractivity contribution in [1.82, 2.24) is 0 Å². The molecule has 4 aliphatic rings. The Morgan fingerprint density at radius 1 is 0.532 bits per heavy atom. The van der Waals surface area contributed by atoms with Crippen LogP contribution in [0.1, 0.15) is 36.8 Å². The van der Waals surface area contributed by atoms with E-state index in [9.17, 15) is 0 Å². The Hall–Kier alpha value is -4.08. The smallest absolute Gasteiger partial charge is 0.150 e. The third kappa shape index (κ3) is 6.83. The largest absolute Gasteiger partial charge is 0.455 e. The lowest BCUT2D eigenvalue weighted by atomic mass is 9.56. The predicted octanol–water partition coefficient (Wildman–Crippen LogP) is 7.11. The normalized spacial score (nSPS) is 23.8. The van der Waals surface area contributed by atoms with Crippen molar-refractivity contribution in [3.05, 3.63) is 108 Å². The molecule has 0 bridgehead atoms. The highest BCUT2D eigenvalue weighted by Gasteiger charge is 2.54. The molecule has 5 atom stereocenters. The van der Waals surface area contributed by atoms with Crippen LogP contribution in [0.5, 0.6) is 23.0 Å². The molecule has 8 heteroatoms. The van der Waals surface area contributed by atoms with Crippen LogP contribution < -0.4 is 20.9 Å². The van der Waals surface area contributed by atoms with Crippen molar-refractivity contribution in [2.45, 2.75) is 55.5 Å². The summed E-state index contributed by atoms with van der Waals surface area (Å²) >= 11 is 0. The number of nitrogens with two attached hydrogens (primary N) is 2. The van der Waals surface area contributed by atoms with E-state index in [0.29, 0.717) is 29.5 Å². The number of para-hydroxylation sites is 6. The van der Waals surface area contributed by atoms with Crippen molar-refractivity contribution in [2.75, 3.05) is 37.9 Å². The van der Waals surface area contributed by atoms with Gasteiger partial charge in [0, 0.05) is 16.5 Å². The van der Waals surface area contributed by atoms with Gasteiger partial charge in [0.15, 0.2) is 0 Å². The Morgan fingerprint density at radius 2 is 0.915 bits per heavy atom. The number of epoxide rings is 4. The number of hydrogen-bond acceptors (Lipinski definition) is 8. The van der Waals surface area contributed by atoms with Crippen molar-refractivity contribution < 1.29 is 28.4 Å². The molecule has 0 amide bonds. The fourth-order valence-electron chi connectivity index (χ4n) is 7.48. The molecule has 244 valence electrons. The first kappa shape index (κ1) is 30.3. The zero-order valence-corrected chi connectivity index (χ0v) is 26.5. The molecule has 4 aromatic carbocycles. The monoisotopic (exact) mass is 634 g/mol. The van der Waals surface area contributed by atoms with Gasteiger partial charge < -0.3 is 39.9 Å². The molecule has 4 fully saturated rings. The first-order valence-electron chi connectivity index (χ1n) is 16.8. The predicted molar refractivity (Wildman–Crippen MR) is 180 cm³/mol. The number of nitrogen functional groups attached to an aromatic ring is 2. The van der Waals surface area contributed by atoms with Gasteiger partial charge in [0.25, 0.3) is 0 Å². The maximum Gasteiger partial charge on any atom is 0.150 e. The first-order chi connectivity index (χ1) is 23.1. The van der Waals surface area contributed by atoms with Gasteiger partial charge in [-0.15, -0.1) is 0 Å². The molecule has 4 aliphatic heterocycles. The molecule has 4 heterocycles. The summed E-state index contributed by atoms with van der Waals surface area (Å²) in [6.07, 6.45) is 4.29. The SMILES string of the molecule is Nc1ccccc1Oc1ccccc1C(CC1CO1)(c1ccccc1Oc1ccccc1N)C(CC1CO1)C(CC1CO1)CC1CO1. The van der Waals surface area contributed by atoms with Crippen LogP contribution in [0.3, 0.4) is 0 Å². The van der Waals surface area contributed by atoms with E-state index in [2.05, 4.69) is 36.4 Å². The summed E-state index contributed by atoms with van der Waals surface area (Å²) < 4.78 is 37.4. The molecule has 0 radical (unpaired) electrons. The van der Waals surface area contributed by atoms with E-state index in [1.807, 2.05) is 60.7 Å². The van der Waals surface area contributed by atoms with E-state index in [1.54, 1.807) is 0 Å². The van der Waals surface area contributed by atoms with Crippen LogP contribution in [0, 0.1) is 11.8 Å². The number of ether oxygens (including phenoxy) is 6. The molecule has 4 N–H and O–H groups in total. The fraction of sp³-hybridized carbons (Fsp3) is 0.385. The first-order valence-corrected chi connectivity index (χ1v) is 16.8. The van der Waals surface area contributed by atoms with Gasteiger partial charge in [-0.1, -0.05) is 60.7 Å². The van der Waals surface area contributed by atoms with E-state index in [-0.39, 0.29) is 36.3 Å². The van der Waals surface area contributed by atoms with Gasteiger partial charge in [-0.05, 0) is 73.9 Å². The van der Waals surface area contributed by atoms with Gasteiger partial charge >= 0.3 is 0 Å². The summed E-state index contributed by atoms with van der Waals surface area (Å²) in [6, 6.07) is 32.1. The zero-order valence-electron chi connectivity index (χ0n) is 26.5. The average Bonchev–Trinajstić information content (AvgIpc) is 3.89. The van der Waals surface area contributed by atoms with Crippen LogP contribution in [0.4, 0.5) is 11.4 Å². The van der Waals surface area contributed by atoms with E-state index >= 15 is 0 Å². The molecular formula is C39H42N2O6. The minimum absolute atomic E-state index is 0.0809. The third-order valence-electron chi connectivity index (χ3n) is 10.0. The lowest BCUT2D eigenvalue weighted by molar-refractivity contribution is 0.130. The third-order valence-corrected chi connectivity index (χ3v) is 10.0. The Bertz CT molecular complexity index is 1590. The highest BCUT2D eigenvalue weighted by molar-refractivity contribution is 5.59. The summed E-state index contributed by atoms with van der Waals surface area (Å²) in [4.78, 5) is 0. The summed E-state index contributed by atoms with van der Waals surface area (Å²) in [5.41, 5.74) is 15.6. The molecule has 8 nitrogen and oxygen atoms in total. The topological polar surface area (TPSA) is 121 Å². The molecule has 0 aliphatic carbocycles. The van der Waals surface area contributed by atoms with Crippen LogP contribution in [-0.4, -0.2) is 50.8 Å². The van der Waals surface area contributed by atoms with E-state index in [1.165, 1.54) is 0 Å².